The number of nitrogens with one attached hydrogen (secondary N) is 1. The molecule has 2 aromatic heterocycles. The summed E-state index contributed by atoms with van der Waals surface area (Å²) in [5, 5.41) is 11.0. The Morgan fingerprint density at radius 3 is 2.69 bits per heavy atom. The van der Waals surface area contributed by atoms with E-state index in [4.69, 9.17) is 11.6 Å². The Bertz CT molecular complexity index is 998. The average Bonchev–Trinajstić information content (AvgIpc) is 2.99. The molecule has 0 radical (unpaired) electrons. The van der Waals surface area contributed by atoms with Gasteiger partial charge in [-0.25, -0.2) is 4.98 Å². The van der Waals surface area contributed by atoms with E-state index < -0.39 is 0 Å². The van der Waals surface area contributed by atoms with Crippen LogP contribution in [-0.2, 0) is 0 Å². The van der Waals surface area contributed by atoms with E-state index in [0.29, 0.717) is 10.6 Å². The third-order valence-corrected chi connectivity index (χ3v) is 5.82. The summed E-state index contributed by atoms with van der Waals surface area (Å²) in [6, 6.07) is 9.55. The molecule has 0 bridgehead atoms. The third kappa shape index (κ3) is 2.42. The highest BCUT2D eigenvalue weighted by atomic mass is 35.5. The fraction of sp³-hybridized carbons (Fsp3) is 0.300. The number of aromatic nitrogens is 2. The molecule has 6 heteroatoms. The summed E-state index contributed by atoms with van der Waals surface area (Å²) in [6.07, 6.45) is 5.00. The summed E-state index contributed by atoms with van der Waals surface area (Å²) >= 11 is 6.07. The van der Waals surface area contributed by atoms with Crippen molar-refractivity contribution >= 4 is 28.5 Å². The lowest BCUT2D eigenvalue weighted by Gasteiger charge is -2.57. The van der Waals surface area contributed by atoms with E-state index in [0.717, 1.165) is 48.1 Å². The highest BCUT2D eigenvalue weighted by Gasteiger charge is 2.53. The van der Waals surface area contributed by atoms with Crippen LogP contribution in [0.4, 0.5) is 0 Å². The summed E-state index contributed by atoms with van der Waals surface area (Å²) in [5.74, 6) is 0.0622. The molecule has 1 saturated carbocycles. The number of rotatable bonds is 2. The first-order chi connectivity index (χ1) is 12.5. The molecule has 5 rings (SSSR count). The molecular weight excluding hydrogens is 350 g/mol. The SMILES string of the molecule is O=C(c1ccc(-c2c[nH]c3ncc(Cl)cc23)cc1)N1CC2(CC(O)C2)C1. The molecule has 0 atom stereocenters. The zero-order valence-corrected chi connectivity index (χ0v) is 14.8. The summed E-state index contributed by atoms with van der Waals surface area (Å²) in [7, 11) is 0. The van der Waals surface area contributed by atoms with Crippen LogP contribution in [0.5, 0.6) is 0 Å². The van der Waals surface area contributed by atoms with Crippen LogP contribution in [-0.4, -0.2) is 45.1 Å². The Labute approximate surface area is 155 Å². The molecule has 1 aliphatic heterocycles. The Balaban J connectivity index is 1.36. The number of pyridine rings is 1. The van der Waals surface area contributed by atoms with Crippen LogP contribution in [0.3, 0.4) is 0 Å². The first-order valence-electron chi connectivity index (χ1n) is 8.73. The molecule has 1 spiro atoms. The van der Waals surface area contributed by atoms with Crippen molar-refractivity contribution in [2.75, 3.05) is 13.1 Å². The van der Waals surface area contributed by atoms with Crippen molar-refractivity contribution in [3.8, 4) is 11.1 Å². The van der Waals surface area contributed by atoms with Gasteiger partial charge in [-0.3, -0.25) is 4.79 Å². The van der Waals surface area contributed by atoms with E-state index in [2.05, 4.69) is 9.97 Å². The number of H-pyrrole nitrogens is 1. The van der Waals surface area contributed by atoms with Gasteiger partial charge < -0.3 is 15.0 Å². The second-order valence-electron chi connectivity index (χ2n) is 7.55. The monoisotopic (exact) mass is 367 g/mol. The van der Waals surface area contributed by atoms with Crippen molar-refractivity contribution in [2.24, 2.45) is 5.41 Å². The number of carbonyl (C=O) groups excluding carboxylic acids is 1. The lowest BCUT2D eigenvalue weighted by molar-refractivity contribution is -0.113. The first-order valence-corrected chi connectivity index (χ1v) is 9.11. The standard InChI is InChI=1S/C20H18ClN3O2/c21-14-5-16-17(9-23-18(16)22-8-14)12-1-3-13(4-2-12)19(26)24-10-20(11-24)6-15(25)7-20/h1-5,8-9,15,25H,6-7,10-11H2,(H,22,23). The largest absolute Gasteiger partial charge is 0.393 e. The summed E-state index contributed by atoms with van der Waals surface area (Å²) in [4.78, 5) is 21.9. The first kappa shape index (κ1) is 15.9. The fourth-order valence-electron chi connectivity index (χ4n) is 4.30. The number of nitrogens with zero attached hydrogens (tertiary/aromatic N) is 2. The number of aliphatic hydroxyl groups excluding tert-OH is 1. The van der Waals surface area contributed by atoms with E-state index in [1.807, 2.05) is 41.4 Å². The van der Waals surface area contributed by atoms with Crippen LogP contribution in [0, 0.1) is 5.41 Å². The Kier molecular flexibility index (Phi) is 3.39. The second-order valence-corrected chi connectivity index (χ2v) is 7.99. The maximum Gasteiger partial charge on any atom is 0.253 e. The number of hydrogen-bond donors (Lipinski definition) is 2. The fourth-order valence-corrected chi connectivity index (χ4v) is 4.45. The summed E-state index contributed by atoms with van der Waals surface area (Å²) in [6.45, 7) is 1.52. The van der Waals surface area contributed by atoms with Gasteiger partial charge in [-0.05, 0) is 36.6 Å². The van der Waals surface area contributed by atoms with E-state index in [9.17, 15) is 9.90 Å². The van der Waals surface area contributed by atoms with Crippen molar-refractivity contribution in [1.29, 1.82) is 0 Å². The Morgan fingerprint density at radius 1 is 1.27 bits per heavy atom. The molecule has 1 saturated heterocycles. The normalized spacial score (nSPS) is 18.8. The number of aliphatic hydroxyl groups is 1. The zero-order valence-electron chi connectivity index (χ0n) is 14.1. The van der Waals surface area contributed by atoms with Gasteiger partial charge in [0.05, 0.1) is 11.1 Å². The van der Waals surface area contributed by atoms with Gasteiger partial charge in [-0.1, -0.05) is 23.7 Å². The molecule has 1 aromatic carbocycles. The van der Waals surface area contributed by atoms with Gasteiger partial charge in [0, 0.05) is 47.4 Å². The predicted octanol–water partition coefficient (Wildman–Crippen LogP) is 3.48. The number of carbonyl (C=O) groups is 1. The van der Waals surface area contributed by atoms with Crippen LogP contribution in [0.15, 0.2) is 42.7 Å². The molecule has 2 fully saturated rings. The molecule has 2 N–H and O–H groups in total. The van der Waals surface area contributed by atoms with Gasteiger partial charge in [0.25, 0.3) is 5.91 Å². The third-order valence-electron chi connectivity index (χ3n) is 5.62. The van der Waals surface area contributed by atoms with Crippen LogP contribution in [0.25, 0.3) is 22.2 Å². The van der Waals surface area contributed by atoms with Crippen molar-refractivity contribution < 1.29 is 9.90 Å². The van der Waals surface area contributed by atoms with Gasteiger partial charge in [-0.15, -0.1) is 0 Å². The lowest BCUT2D eigenvalue weighted by atomic mass is 9.62. The van der Waals surface area contributed by atoms with Crippen molar-refractivity contribution in [3.05, 3.63) is 53.3 Å². The number of fused-ring (bicyclic) bond motifs is 1. The topological polar surface area (TPSA) is 69.2 Å². The molecular formula is C20H18ClN3O2. The number of hydrogen-bond acceptors (Lipinski definition) is 3. The van der Waals surface area contributed by atoms with Crippen LogP contribution >= 0.6 is 11.6 Å². The van der Waals surface area contributed by atoms with E-state index in [-0.39, 0.29) is 17.4 Å². The van der Waals surface area contributed by atoms with Crippen LogP contribution in [0.1, 0.15) is 23.2 Å². The highest BCUT2D eigenvalue weighted by Crippen LogP contribution is 2.48. The summed E-state index contributed by atoms with van der Waals surface area (Å²) < 4.78 is 0. The Hall–Kier alpha value is -2.37. The second kappa shape index (κ2) is 5.56. The Morgan fingerprint density at radius 2 is 2.00 bits per heavy atom. The van der Waals surface area contributed by atoms with E-state index in [1.54, 1.807) is 6.20 Å². The van der Waals surface area contributed by atoms with Gasteiger partial charge in [0.2, 0.25) is 0 Å². The molecule has 0 unspecified atom stereocenters. The number of aromatic amines is 1. The van der Waals surface area contributed by atoms with E-state index in [1.165, 1.54) is 0 Å². The number of likely N-dealkylation sites (tertiary alicyclic amines) is 1. The minimum absolute atomic E-state index is 0.0622. The van der Waals surface area contributed by atoms with Crippen LogP contribution < -0.4 is 0 Å². The number of benzene rings is 1. The maximum atomic E-state index is 12.6. The maximum absolute atomic E-state index is 12.6. The van der Waals surface area contributed by atoms with Crippen molar-refractivity contribution in [1.82, 2.24) is 14.9 Å². The van der Waals surface area contributed by atoms with Crippen LogP contribution in [0.2, 0.25) is 5.02 Å². The quantitative estimate of drug-likeness (QED) is 0.728. The smallest absolute Gasteiger partial charge is 0.253 e. The number of halogens is 1. The molecule has 26 heavy (non-hydrogen) atoms. The average molecular weight is 368 g/mol. The van der Waals surface area contributed by atoms with Gasteiger partial charge in [-0.2, -0.15) is 0 Å². The molecule has 1 aliphatic carbocycles. The molecule has 5 nitrogen and oxygen atoms in total. The molecule has 3 heterocycles. The van der Waals surface area contributed by atoms with Gasteiger partial charge in [0.1, 0.15) is 5.65 Å². The molecule has 132 valence electrons. The molecule has 1 amide bonds. The highest BCUT2D eigenvalue weighted by molar-refractivity contribution is 6.31. The van der Waals surface area contributed by atoms with Crippen molar-refractivity contribution in [2.45, 2.75) is 18.9 Å². The van der Waals surface area contributed by atoms with Gasteiger partial charge >= 0.3 is 0 Å². The zero-order chi connectivity index (χ0) is 17.9. The molecule has 3 aromatic rings. The summed E-state index contributed by atoms with van der Waals surface area (Å²) in [5.41, 5.74) is 3.70. The van der Waals surface area contributed by atoms with Gasteiger partial charge in [0.15, 0.2) is 0 Å². The van der Waals surface area contributed by atoms with Crippen molar-refractivity contribution in [3.63, 3.8) is 0 Å². The van der Waals surface area contributed by atoms with E-state index >= 15 is 0 Å². The lowest BCUT2D eigenvalue weighted by Crippen LogP contribution is -2.64. The minimum atomic E-state index is -0.175. The minimum Gasteiger partial charge on any atom is -0.393 e. The molecule has 2 aliphatic rings. The number of amides is 1. The predicted molar refractivity (Wildman–Crippen MR) is 100 cm³/mol.